The molecule has 8 nitrogen and oxygen atoms in total. The number of esters is 3. The number of carbonyl (C=O) groups is 3. The van der Waals surface area contributed by atoms with Crippen molar-refractivity contribution in [1.82, 2.24) is 0 Å². The van der Waals surface area contributed by atoms with Crippen molar-refractivity contribution < 1.29 is 38.1 Å². The van der Waals surface area contributed by atoms with E-state index in [1.807, 2.05) is 0 Å². The zero-order valence-electron chi connectivity index (χ0n) is 23.1. The van der Waals surface area contributed by atoms with Crippen LogP contribution in [0.3, 0.4) is 0 Å². The van der Waals surface area contributed by atoms with Crippen LogP contribution in [0.15, 0.2) is 79.3 Å². The normalized spacial score (nSPS) is 13.7. The van der Waals surface area contributed by atoms with Gasteiger partial charge in [-0.25, -0.2) is 14.4 Å². The van der Waals surface area contributed by atoms with Crippen molar-refractivity contribution in [3.63, 3.8) is 0 Å². The van der Waals surface area contributed by atoms with Gasteiger partial charge in [-0.1, -0.05) is 38.5 Å². The van der Waals surface area contributed by atoms with Gasteiger partial charge in [0.25, 0.3) is 0 Å². The number of rotatable bonds is 14. The van der Waals surface area contributed by atoms with Crippen LogP contribution in [0.25, 0.3) is 0 Å². The molecule has 1 heterocycles. The van der Waals surface area contributed by atoms with Crippen LogP contribution in [-0.2, 0) is 23.7 Å². The molecular formula is C30H36O8S2. The van der Waals surface area contributed by atoms with Crippen LogP contribution in [-0.4, -0.2) is 73.5 Å². The second kappa shape index (κ2) is 16.7. The Balaban J connectivity index is 2.14. The Morgan fingerprint density at radius 2 is 1.23 bits per heavy atom. The minimum atomic E-state index is -0.825. The summed E-state index contributed by atoms with van der Waals surface area (Å²) >= 11 is 3.31. The van der Waals surface area contributed by atoms with E-state index in [1.165, 1.54) is 18.2 Å². The molecule has 0 radical (unpaired) electrons. The highest BCUT2D eigenvalue weighted by atomic mass is 32.2. The molecule has 0 N–H and O–H groups in total. The Morgan fingerprint density at radius 1 is 0.750 bits per heavy atom. The zero-order valence-corrected chi connectivity index (χ0v) is 24.7. The van der Waals surface area contributed by atoms with Crippen LogP contribution in [0.1, 0.15) is 44.9 Å². The average molecular weight is 589 g/mol. The fourth-order valence-electron chi connectivity index (χ4n) is 3.07. The third-order valence-corrected chi connectivity index (χ3v) is 7.77. The molecule has 0 aliphatic carbocycles. The highest BCUT2D eigenvalue weighted by Gasteiger charge is 2.24. The fourth-order valence-corrected chi connectivity index (χ4v) is 5.26. The van der Waals surface area contributed by atoms with Gasteiger partial charge in [-0.2, -0.15) is 23.5 Å². The smallest absolute Gasteiger partial charge is 0.339 e. The minimum absolute atomic E-state index is 0.0341. The van der Waals surface area contributed by atoms with Gasteiger partial charge in [0.05, 0.1) is 16.7 Å². The maximum absolute atomic E-state index is 13.0. The Morgan fingerprint density at radius 3 is 1.73 bits per heavy atom. The van der Waals surface area contributed by atoms with E-state index in [0.717, 1.165) is 17.1 Å². The van der Waals surface area contributed by atoms with Crippen LogP contribution in [0.5, 0.6) is 0 Å². The van der Waals surface area contributed by atoms with Crippen molar-refractivity contribution in [2.75, 3.05) is 49.4 Å². The molecule has 40 heavy (non-hydrogen) atoms. The highest BCUT2D eigenvalue weighted by Crippen LogP contribution is 2.23. The van der Waals surface area contributed by atoms with Gasteiger partial charge in [0.1, 0.15) is 44.0 Å². The number of hydrogen-bond acceptors (Lipinski definition) is 10. The Labute approximate surface area is 244 Å². The molecule has 1 aromatic carbocycles. The van der Waals surface area contributed by atoms with Gasteiger partial charge < -0.3 is 23.7 Å². The predicted octanol–water partition coefficient (Wildman–Crippen LogP) is 5.77. The summed E-state index contributed by atoms with van der Waals surface area (Å²) in [6.07, 6.45) is -0.303. The molecule has 0 aromatic heterocycles. The number of allylic oxidation sites excluding steroid dienone is 2. The third kappa shape index (κ3) is 11.0. The lowest BCUT2D eigenvalue weighted by atomic mass is 10.0. The monoisotopic (exact) mass is 588 g/mol. The largest absolute Gasteiger partial charge is 0.490 e. The fraction of sp³-hybridized carbons (Fsp3) is 0.367. The highest BCUT2D eigenvalue weighted by molar-refractivity contribution is 8.01. The number of thioether (sulfide) groups is 2. The first-order valence-corrected chi connectivity index (χ1v) is 14.8. The summed E-state index contributed by atoms with van der Waals surface area (Å²) in [5.74, 6) is 1.42. The summed E-state index contributed by atoms with van der Waals surface area (Å²) in [7, 11) is 0. The molecule has 10 heteroatoms. The van der Waals surface area contributed by atoms with Crippen molar-refractivity contribution in [3.8, 4) is 0 Å². The molecule has 216 valence electrons. The molecule has 0 unspecified atom stereocenters. The van der Waals surface area contributed by atoms with E-state index in [2.05, 4.69) is 32.9 Å². The van der Waals surface area contributed by atoms with E-state index >= 15 is 0 Å². The van der Waals surface area contributed by atoms with Crippen molar-refractivity contribution in [3.05, 3.63) is 96.0 Å². The summed E-state index contributed by atoms with van der Waals surface area (Å²) in [6.45, 7) is 22.2. The molecule has 1 saturated heterocycles. The van der Waals surface area contributed by atoms with E-state index in [1.54, 1.807) is 37.4 Å². The Hall–Kier alpha value is -3.37. The molecule has 1 aliphatic heterocycles. The van der Waals surface area contributed by atoms with Crippen LogP contribution in [0.2, 0.25) is 0 Å². The average Bonchev–Trinajstić information content (AvgIpc) is 2.90. The molecule has 1 aliphatic rings. The molecule has 0 spiro atoms. The quantitative estimate of drug-likeness (QED) is 0.0665. The molecule has 1 aromatic rings. The lowest BCUT2D eigenvalue weighted by molar-refractivity contribution is 0.0359. The van der Waals surface area contributed by atoms with Gasteiger partial charge in [-0.15, -0.1) is 0 Å². The van der Waals surface area contributed by atoms with Crippen LogP contribution < -0.4 is 0 Å². The molecule has 0 bridgehead atoms. The van der Waals surface area contributed by atoms with E-state index in [0.29, 0.717) is 34.2 Å². The van der Waals surface area contributed by atoms with Gasteiger partial charge in [-0.05, 0) is 43.2 Å². The summed E-state index contributed by atoms with van der Waals surface area (Å²) in [4.78, 5) is 38.8. The first-order chi connectivity index (χ1) is 19.0. The Bertz CT molecular complexity index is 1160. The maximum Gasteiger partial charge on any atom is 0.339 e. The van der Waals surface area contributed by atoms with E-state index in [-0.39, 0.29) is 49.2 Å². The van der Waals surface area contributed by atoms with Crippen LogP contribution in [0.4, 0.5) is 0 Å². The first-order valence-electron chi connectivity index (χ1n) is 12.5. The molecule has 2 rings (SSSR count). The standard InChI is InChI=1S/C30H36O8S2/c1-19(2)22(6)34-10-12-36-29(32)26-9-8-24(28(31)38-25-17-39-15-21(5)16-40-18-25)14-27(26)30(33)37-13-11-35-23(7)20(3)4/h8-9,14,25H,1,3,5-7,10-13,15-18H2,2,4H3. The maximum atomic E-state index is 13.0. The second-order valence-corrected chi connectivity index (χ2v) is 11.0. The van der Waals surface area contributed by atoms with E-state index in [9.17, 15) is 14.4 Å². The molecule has 0 amide bonds. The number of benzene rings is 1. The lowest BCUT2D eigenvalue weighted by Crippen LogP contribution is -2.25. The summed E-state index contributed by atoms with van der Waals surface area (Å²) in [5.41, 5.74) is 2.34. The topological polar surface area (TPSA) is 97.4 Å². The van der Waals surface area contributed by atoms with E-state index in [4.69, 9.17) is 23.7 Å². The van der Waals surface area contributed by atoms with Gasteiger partial charge in [-0.3, -0.25) is 0 Å². The first kappa shape index (κ1) is 32.8. The van der Waals surface area contributed by atoms with Gasteiger partial charge in [0, 0.05) is 23.0 Å². The Kier molecular flexibility index (Phi) is 13.7. The number of carbonyl (C=O) groups excluding carboxylic acids is 3. The molecule has 0 saturated carbocycles. The molecular weight excluding hydrogens is 552 g/mol. The third-order valence-electron chi connectivity index (χ3n) is 5.33. The predicted molar refractivity (Wildman–Crippen MR) is 160 cm³/mol. The van der Waals surface area contributed by atoms with Gasteiger partial charge >= 0.3 is 17.9 Å². The number of hydrogen-bond donors (Lipinski definition) is 0. The molecule has 1 fully saturated rings. The lowest BCUT2D eigenvalue weighted by Gasteiger charge is -2.21. The van der Waals surface area contributed by atoms with Crippen molar-refractivity contribution in [1.29, 1.82) is 0 Å². The second-order valence-electron chi connectivity index (χ2n) is 8.94. The number of ether oxygens (including phenoxy) is 5. The van der Waals surface area contributed by atoms with Crippen LogP contribution >= 0.6 is 23.5 Å². The summed E-state index contributed by atoms with van der Waals surface area (Å²) in [5, 5.41) is 0. The van der Waals surface area contributed by atoms with Crippen molar-refractivity contribution in [2.45, 2.75) is 20.0 Å². The van der Waals surface area contributed by atoms with Crippen LogP contribution in [0, 0.1) is 0 Å². The summed E-state index contributed by atoms with van der Waals surface area (Å²) in [6, 6.07) is 4.04. The zero-order chi connectivity index (χ0) is 29.7. The van der Waals surface area contributed by atoms with Crippen molar-refractivity contribution >= 4 is 41.4 Å². The van der Waals surface area contributed by atoms with Crippen molar-refractivity contribution in [2.24, 2.45) is 0 Å². The molecule has 0 atom stereocenters. The van der Waals surface area contributed by atoms with Gasteiger partial charge in [0.2, 0.25) is 0 Å². The SMILES string of the molecule is C=C1CSCC(OC(=O)c2ccc(C(=O)OCCOC(=C)C(=C)C)c(C(=O)OCCOC(=C)C(=C)C)c2)CSC1. The summed E-state index contributed by atoms with van der Waals surface area (Å²) < 4.78 is 27.0. The van der Waals surface area contributed by atoms with E-state index < -0.39 is 17.9 Å². The minimum Gasteiger partial charge on any atom is -0.490 e. The van der Waals surface area contributed by atoms with Gasteiger partial charge in [0.15, 0.2) is 0 Å².